The first-order chi connectivity index (χ1) is 14.6. The fourth-order valence-electron chi connectivity index (χ4n) is 4.12. The van der Waals surface area contributed by atoms with E-state index in [1.165, 1.54) is 0 Å². The molecule has 0 bridgehead atoms. The van der Waals surface area contributed by atoms with Crippen molar-refractivity contribution in [2.45, 2.75) is 45.9 Å². The first-order valence-corrected chi connectivity index (χ1v) is 12.1. The van der Waals surface area contributed by atoms with Crippen molar-refractivity contribution in [3.8, 4) is 0 Å². The van der Waals surface area contributed by atoms with Crippen LogP contribution in [0, 0.1) is 34.6 Å². The van der Waals surface area contributed by atoms with Gasteiger partial charge in [-0.05, 0) is 74.6 Å². The number of piperazine rings is 1. The molecule has 7 nitrogen and oxygen atoms in total. The van der Waals surface area contributed by atoms with Crippen molar-refractivity contribution < 1.29 is 13.2 Å². The van der Waals surface area contributed by atoms with Crippen LogP contribution in [0.25, 0.3) is 0 Å². The minimum absolute atomic E-state index is 0.0342. The molecule has 0 saturated carbocycles. The quantitative estimate of drug-likeness (QED) is 0.741. The smallest absolute Gasteiger partial charge is 0.241 e. The van der Waals surface area contributed by atoms with Crippen LogP contribution in [0.3, 0.4) is 0 Å². The highest BCUT2D eigenvalue weighted by Gasteiger charge is 2.25. The van der Waals surface area contributed by atoms with Crippen molar-refractivity contribution in [2.75, 3.05) is 37.6 Å². The van der Waals surface area contributed by atoms with Crippen LogP contribution >= 0.6 is 0 Å². The summed E-state index contributed by atoms with van der Waals surface area (Å²) in [5, 5.41) is 0. The van der Waals surface area contributed by atoms with Gasteiger partial charge >= 0.3 is 0 Å². The second-order valence-electron chi connectivity index (χ2n) is 8.16. The van der Waals surface area contributed by atoms with E-state index < -0.39 is 10.0 Å². The highest BCUT2D eigenvalue weighted by molar-refractivity contribution is 7.89. The lowest BCUT2D eigenvalue weighted by atomic mass is 9.95. The van der Waals surface area contributed by atoms with Gasteiger partial charge in [-0.3, -0.25) is 4.79 Å². The monoisotopic (exact) mass is 444 g/mol. The maximum absolute atomic E-state index is 13.0. The van der Waals surface area contributed by atoms with Crippen molar-refractivity contribution in [1.82, 2.24) is 14.6 Å². The summed E-state index contributed by atoms with van der Waals surface area (Å²) in [4.78, 5) is 21.2. The molecule has 1 fully saturated rings. The van der Waals surface area contributed by atoms with E-state index in [9.17, 15) is 13.2 Å². The number of nitrogens with zero attached hydrogens (tertiary/aromatic N) is 3. The number of hydrogen-bond donors (Lipinski definition) is 1. The van der Waals surface area contributed by atoms with Gasteiger partial charge in [0.1, 0.15) is 5.82 Å². The molecule has 1 amide bonds. The Morgan fingerprint density at radius 3 is 2.06 bits per heavy atom. The highest BCUT2D eigenvalue weighted by atomic mass is 32.2. The summed E-state index contributed by atoms with van der Waals surface area (Å²) < 4.78 is 28.6. The van der Waals surface area contributed by atoms with Gasteiger partial charge < -0.3 is 9.80 Å². The molecule has 1 aromatic heterocycles. The average molecular weight is 445 g/mol. The molecule has 0 unspecified atom stereocenters. The van der Waals surface area contributed by atoms with Crippen LogP contribution < -0.4 is 9.62 Å². The third-order valence-corrected chi connectivity index (χ3v) is 8.17. The first kappa shape index (κ1) is 23.2. The summed E-state index contributed by atoms with van der Waals surface area (Å²) in [5.74, 6) is 0.880. The van der Waals surface area contributed by atoms with E-state index in [1.807, 2.05) is 52.8 Å². The van der Waals surface area contributed by atoms with Crippen LogP contribution in [0.5, 0.6) is 0 Å². The second-order valence-corrected chi connectivity index (χ2v) is 9.86. The van der Waals surface area contributed by atoms with Crippen molar-refractivity contribution in [3.05, 3.63) is 52.2 Å². The minimum Gasteiger partial charge on any atom is -0.353 e. The number of rotatable bonds is 6. The molecule has 0 radical (unpaired) electrons. The van der Waals surface area contributed by atoms with Crippen LogP contribution in [0.4, 0.5) is 5.82 Å². The van der Waals surface area contributed by atoms with Crippen LogP contribution in [0.1, 0.15) is 34.2 Å². The Bertz CT molecular complexity index is 1030. The van der Waals surface area contributed by atoms with Crippen LogP contribution in [0.15, 0.2) is 29.3 Å². The standard InChI is InChI=1S/C23H32N4O3S/c1-16-17(2)19(4)23(20(5)18(16)3)31(29,30)25-11-9-22(28)27-14-12-26(13-15-27)21-8-6-7-10-24-21/h6-8,10,25H,9,11-15H2,1-5H3. The van der Waals surface area contributed by atoms with E-state index in [2.05, 4.69) is 14.6 Å². The molecule has 168 valence electrons. The van der Waals surface area contributed by atoms with Gasteiger partial charge in [0.05, 0.1) is 4.90 Å². The number of nitrogens with one attached hydrogen (secondary N) is 1. The topological polar surface area (TPSA) is 82.6 Å². The zero-order valence-corrected chi connectivity index (χ0v) is 19.8. The van der Waals surface area contributed by atoms with Gasteiger partial charge in [0.15, 0.2) is 0 Å². The number of aromatic nitrogens is 1. The van der Waals surface area contributed by atoms with Crippen molar-refractivity contribution in [1.29, 1.82) is 0 Å². The van der Waals surface area contributed by atoms with Gasteiger partial charge in [0.25, 0.3) is 0 Å². The summed E-state index contributed by atoms with van der Waals surface area (Å²) in [7, 11) is -3.69. The third kappa shape index (κ3) is 4.91. The van der Waals surface area contributed by atoms with Crippen molar-refractivity contribution in [3.63, 3.8) is 0 Å². The molecule has 3 rings (SSSR count). The predicted molar refractivity (Wildman–Crippen MR) is 123 cm³/mol. The number of amides is 1. The molecule has 1 aliphatic heterocycles. The normalized spacial score (nSPS) is 14.7. The molecule has 0 spiro atoms. The van der Waals surface area contributed by atoms with E-state index in [0.717, 1.165) is 46.7 Å². The summed E-state index contributed by atoms with van der Waals surface area (Å²) in [6.45, 7) is 12.3. The number of benzene rings is 1. The lowest BCUT2D eigenvalue weighted by molar-refractivity contribution is -0.131. The van der Waals surface area contributed by atoms with E-state index in [4.69, 9.17) is 0 Å². The number of pyridine rings is 1. The van der Waals surface area contributed by atoms with E-state index in [-0.39, 0.29) is 18.9 Å². The molecule has 1 N–H and O–H groups in total. The summed E-state index contributed by atoms with van der Waals surface area (Å²) in [6, 6.07) is 5.80. The van der Waals surface area contributed by atoms with Gasteiger partial charge in [-0.25, -0.2) is 18.1 Å². The Kier molecular flexibility index (Phi) is 7.01. The number of hydrogen-bond acceptors (Lipinski definition) is 5. The Labute approximate surface area is 185 Å². The number of carbonyl (C=O) groups is 1. The largest absolute Gasteiger partial charge is 0.353 e. The summed E-state index contributed by atoms with van der Waals surface area (Å²) in [5.41, 5.74) is 4.64. The van der Waals surface area contributed by atoms with E-state index in [0.29, 0.717) is 18.0 Å². The Balaban J connectivity index is 1.57. The van der Waals surface area contributed by atoms with Crippen LogP contribution in [-0.2, 0) is 14.8 Å². The molecule has 1 saturated heterocycles. The van der Waals surface area contributed by atoms with Crippen molar-refractivity contribution in [2.24, 2.45) is 0 Å². The SMILES string of the molecule is Cc1c(C)c(C)c(S(=O)(=O)NCCC(=O)N2CCN(c3ccccn3)CC2)c(C)c1C. The molecular formula is C23H32N4O3S. The zero-order valence-electron chi connectivity index (χ0n) is 19.0. The maximum atomic E-state index is 13.0. The summed E-state index contributed by atoms with van der Waals surface area (Å²) >= 11 is 0. The van der Waals surface area contributed by atoms with E-state index >= 15 is 0 Å². The second kappa shape index (κ2) is 9.36. The fourth-order valence-corrected chi connectivity index (χ4v) is 5.74. The lowest BCUT2D eigenvalue weighted by Gasteiger charge is -2.35. The first-order valence-electron chi connectivity index (χ1n) is 10.6. The van der Waals surface area contributed by atoms with Gasteiger partial charge in [0, 0.05) is 45.3 Å². The molecule has 8 heteroatoms. The van der Waals surface area contributed by atoms with E-state index in [1.54, 1.807) is 11.1 Å². The summed E-state index contributed by atoms with van der Waals surface area (Å²) in [6.07, 6.45) is 1.91. The average Bonchev–Trinajstić information content (AvgIpc) is 2.77. The molecule has 1 aliphatic rings. The fraction of sp³-hybridized carbons (Fsp3) is 0.478. The van der Waals surface area contributed by atoms with Crippen LogP contribution in [-0.4, -0.2) is 56.9 Å². The minimum atomic E-state index is -3.69. The predicted octanol–water partition coefficient (Wildman–Crippen LogP) is 2.64. The molecular weight excluding hydrogens is 412 g/mol. The van der Waals surface area contributed by atoms with Gasteiger partial charge in [-0.1, -0.05) is 6.07 Å². The molecule has 0 aliphatic carbocycles. The molecule has 0 atom stereocenters. The molecule has 2 aromatic rings. The highest BCUT2D eigenvalue weighted by Crippen LogP contribution is 2.29. The number of carbonyl (C=O) groups excluding carboxylic acids is 1. The maximum Gasteiger partial charge on any atom is 0.241 e. The lowest BCUT2D eigenvalue weighted by Crippen LogP contribution is -2.49. The molecule has 31 heavy (non-hydrogen) atoms. The molecule has 2 heterocycles. The Morgan fingerprint density at radius 2 is 1.52 bits per heavy atom. The third-order valence-electron chi connectivity index (χ3n) is 6.44. The van der Waals surface area contributed by atoms with Crippen LogP contribution in [0.2, 0.25) is 0 Å². The zero-order chi connectivity index (χ0) is 22.8. The van der Waals surface area contributed by atoms with Gasteiger partial charge in [0.2, 0.25) is 15.9 Å². The number of anilines is 1. The van der Waals surface area contributed by atoms with Gasteiger partial charge in [-0.2, -0.15) is 0 Å². The molecule has 1 aromatic carbocycles. The van der Waals surface area contributed by atoms with Crippen molar-refractivity contribution >= 4 is 21.7 Å². The van der Waals surface area contributed by atoms with Gasteiger partial charge in [-0.15, -0.1) is 0 Å². The number of sulfonamides is 1. The Hall–Kier alpha value is -2.45. The Morgan fingerprint density at radius 1 is 0.935 bits per heavy atom.